The Balaban J connectivity index is 1.55. The quantitative estimate of drug-likeness (QED) is 0.611. The van der Waals surface area contributed by atoms with Crippen LogP contribution < -0.4 is 5.32 Å². The van der Waals surface area contributed by atoms with E-state index in [1.807, 2.05) is 0 Å². The van der Waals surface area contributed by atoms with Gasteiger partial charge in [-0.1, -0.05) is 25.0 Å². The van der Waals surface area contributed by atoms with Gasteiger partial charge >= 0.3 is 0 Å². The Labute approximate surface area is 117 Å². The van der Waals surface area contributed by atoms with Gasteiger partial charge in [0.05, 0.1) is 0 Å². The first kappa shape index (κ1) is 14.6. The lowest BCUT2D eigenvalue weighted by Gasteiger charge is -2.20. The first-order valence-electron chi connectivity index (χ1n) is 8.01. The molecule has 1 aliphatic carbocycles. The number of hydrogen-bond donors (Lipinski definition) is 1. The van der Waals surface area contributed by atoms with Crippen LogP contribution in [0.5, 0.6) is 0 Å². The van der Waals surface area contributed by atoms with E-state index >= 15 is 0 Å². The second kappa shape index (κ2) is 8.36. The number of likely N-dealkylation sites (tertiary alicyclic amines) is 1. The van der Waals surface area contributed by atoms with Gasteiger partial charge in [-0.15, -0.1) is 0 Å². The number of amides is 1. The van der Waals surface area contributed by atoms with E-state index in [4.69, 9.17) is 0 Å². The Morgan fingerprint density at radius 2 is 1.95 bits per heavy atom. The fourth-order valence-electron chi connectivity index (χ4n) is 3.05. The molecule has 3 nitrogen and oxygen atoms in total. The summed E-state index contributed by atoms with van der Waals surface area (Å²) in [5.41, 5.74) is 0. The van der Waals surface area contributed by atoms with E-state index in [-0.39, 0.29) is 11.8 Å². The molecular weight excluding hydrogens is 236 g/mol. The maximum Gasteiger partial charge on any atom is 0.223 e. The van der Waals surface area contributed by atoms with Crippen LogP contribution in [0.1, 0.15) is 51.4 Å². The van der Waals surface area contributed by atoms with Crippen molar-refractivity contribution >= 4 is 5.91 Å². The summed E-state index contributed by atoms with van der Waals surface area (Å²) in [6.07, 6.45) is 13.9. The fraction of sp³-hybridized carbons (Fsp3) is 0.812. The van der Waals surface area contributed by atoms with Gasteiger partial charge in [0.2, 0.25) is 5.91 Å². The van der Waals surface area contributed by atoms with Gasteiger partial charge in [-0.3, -0.25) is 4.79 Å². The number of nitrogens with one attached hydrogen (secondary N) is 1. The average Bonchev–Trinajstić information content (AvgIpc) is 2.73. The molecule has 0 saturated carbocycles. The predicted octanol–water partition coefficient (Wildman–Crippen LogP) is 2.73. The lowest BCUT2D eigenvalue weighted by molar-refractivity contribution is -0.125. The molecule has 2 aliphatic rings. The molecule has 0 aromatic heterocycles. The Morgan fingerprint density at radius 1 is 1.16 bits per heavy atom. The van der Waals surface area contributed by atoms with Gasteiger partial charge in [0, 0.05) is 12.5 Å². The van der Waals surface area contributed by atoms with Crippen LogP contribution in [0.4, 0.5) is 0 Å². The van der Waals surface area contributed by atoms with Crippen LogP contribution in [0.25, 0.3) is 0 Å². The monoisotopic (exact) mass is 264 g/mol. The molecular formula is C16H28N2O. The molecule has 1 saturated heterocycles. The van der Waals surface area contributed by atoms with Gasteiger partial charge in [-0.25, -0.2) is 0 Å². The molecule has 108 valence electrons. The van der Waals surface area contributed by atoms with Crippen molar-refractivity contribution in [2.75, 3.05) is 26.2 Å². The van der Waals surface area contributed by atoms with E-state index in [0.717, 1.165) is 38.8 Å². The Kier molecular flexibility index (Phi) is 6.42. The molecule has 1 N–H and O–H groups in total. The molecule has 0 radical (unpaired) electrons. The summed E-state index contributed by atoms with van der Waals surface area (Å²) in [4.78, 5) is 14.5. The van der Waals surface area contributed by atoms with Crippen LogP contribution in [0, 0.1) is 5.92 Å². The van der Waals surface area contributed by atoms with Crippen molar-refractivity contribution in [3.63, 3.8) is 0 Å². The summed E-state index contributed by atoms with van der Waals surface area (Å²) >= 11 is 0. The molecule has 1 fully saturated rings. The topological polar surface area (TPSA) is 32.3 Å². The molecule has 0 spiro atoms. The van der Waals surface area contributed by atoms with E-state index in [2.05, 4.69) is 22.4 Å². The highest BCUT2D eigenvalue weighted by Crippen LogP contribution is 2.17. The number of hydrogen-bond acceptors (Lipinski definition) is 2. The third-order valence-corrected chi connectivity index (χ3v) is 4.29. The van der Waals surface area contributed by atoms with Crippen molar-refractivity contribution in [2.24, 2.45) is 5.92 Å². The molecule has 1 heterocycles. The highest BCUT2D eigenvalue weighted by Gasteiger charge is 2.17. The number of allylic oxidation sites excluding steroid dienone is 2. The largest absolute Gasteiger partial charge is 0.356 e. The van der Waals surface area contributed by atoms with E-state index in [0.29, 0.717) is 0 Å². The zero-order valence-electron chi connectivity index (χ0n) is 12.1. The molecule has 0 bridgehead atoms. The van der Waals surface area contributed by atoms with Gasteiger partial charge in [0.1, 0.15) is 0 Å². The highest BCUT2D eigenvalue weighted by atomic mass is 16.1. The summed E-state index contributed by atoms with van der Waals surface area (Å²) in [7, 11) is 0. The number of nitrogens with zero attached hydrogens (tertiary/aromatic N) is 1. The lowest BCUT2D eigenvalue weighted by Crippen LogP contribution is -2.34. The Bertz CT molecular complexity index is 293. The van der Waals surface area contributed by atoms with Crippen LogP contribution in [0.2, 0.25) is 0 Å². The molecule has 1 unspecified atom stereocenters. The molecule has 0 aromatic carbocycles. The third-order valence-electron chi connectivity index (χ3n) is 4.29. The number of carbonyl (C=O) groups is 1. The van der Waals surface area contributed by atoms with Crippen LogP contribution in [0.15, 0.2) is 12.2 Å². The summed E-state index contributed by atoms with van der Waals surface area (Å²) in [5.74, 6) is 0.489. The van der Waals surface area contributed by atoms with E-state index < -0.39 is 0 Å². The molecule has 2 rings (SSSR count). The van der Waals surface area contributed by atoms with Crippen LogP contribution >= 0.6 is 0 Å². The minimum Gasteiger partial charge on any atom is -0.356 e. The normalized spacial score (nSPS) is 24.9. The minimum atomic E-state index is 0.225. The zero-order chi connectivity index (χ0) is 13.3. The van der Waals surface area contributed by atoms with E-state index in [9.17, 15) is 4.79 Å². The van der Waals surface area contributed by atoms with Gasteiger partial charge < -0.3 is 10.2 Å². The van der Waals surface area contributed by atoms with Crippen molar-refractivity contribution in [1.82, 2.24) is 10.2 Å². The third kappa shape index (κ3) is 5.35. The fourth-order valence-corrected chi connectivity index (χ4v) is 3.05. The van der Waals surface area contributed by atoms with Crippen molar-refractivity contribution < 1.29 is 4.79 Å². The number of rotatable bonds is 5. The summed E-state index contributed by atoms with van der Waals surface area (Å²) < 4.78 is 0. The molecule has 3 heteroatoms. The molecule has 1 aliphatic heterocycles. The highest BCUT2D eigenvalue weighted by molar-refractivity contribution is 5.78. The van der Waals surface area contributed by atoms with E-state index in [1.54, 1.807) is 0 Å². The summed E-state index contributed by atoms with van der Waals surface area (Å²) in [5, 5.41) is 3.11. The van der Waals surface area contributed by atoms with Crippen LogP contribution in [-0.2, 0) is 4.79 Å². The molecule has 0 aromatic rings. The molecule has 1 atom stereocenters. The van der Waals surface area contributed by atoms with Crippen LogP contribution in [0.3, 0.4) is 0 Å². The smallest absolute Gasteiger partial charge is 0.223 e. The van der Waals surface area contributed by atoms with Crippen molar-refractivity contribution in [1.29, 1.82) is 0 Å². The van der Waals surface area contributed by atoms with Crippen molar-refractivity contribution in [3.05, 3.63) is 12.2 Å². The second-order valence-electron chi connectivity index (χ2n) is 5.88. The maximum atomic E-state index is 11.9. The van der Waals surface area contributed by atoms with Crippen LogP contribution in [-0.4, -0.2) is 37.0 Å². The van der Waals surface area contributed by atoms with Gasteiger partial charge in [0.25, 0.3) is 0 Å². The molecule has 19 heavy (non-hydrogen) atoms. The van der Waals surface area contributed by atoms with E-state index in [1.165, 1.54) is 38.8 Å². The van der Waals surface area contributed by atoms with Gasteiger partial charge in [0.15, 0.2) is 0 Å². The average molecular weight is 264 g/mol. The number of carbonyl (C=O) groups excluding carboxylic acids is 1. The Hall–Kier alpha value is -0.830. The molecule has 1 amide bonds. The first-order chi connectivity index (χ1) is 9.36. The summed E-state index contributed by atoms with van der Waals surface area (Å²) in [6.45, 7) is 4.49. The standard InChI is InChI=1S/C16H28N2O/c19-16(15-9-4-3-5-10-15)17-11-8-14-18-12-6-1-2-7-13-18/h3-4,15H,1-2,5-14H2,(H,17,19). The predicted molar refractivity (Wildman–Crippen MR) is 79.0 cm³/mol. The van der Waals surface area contributed by atoms with Gasteiger partial charge in [-0.05, 0) is 58.2 Å². The van der Waals surface area contributed by atoms with Gasteiger partial charge in [-0.2, -0.15) is 0 Å². The van der Waals surface area contributed by atoms with Crippen molar-refractivity contribution in [2.45, 2.75) is 51.4 Å². The maximum absolute atomic E-state index is 11.9. The van der Waals surface area contributed by atoms with Crippen molar-refractivity contribution in [3.8, 4) is 0 Å². The minimum absolute atomic E-state index is 0.225. The Morgan fingerprint density at radius 3 is 2.63 bits per heavy atom. The second-order valence-corrected chi connectivity index (χ2v) is 5.88. The first-order valence-corrected chi connectivity index (χ1v) is 8.01. The zero-order valence-corrected chi connectivity index (χ0v) is 12.1. The summed E-state index contributed by atoms with van der Waals surface area (Å²) in [6, 6.07) is 0. The SMILES string of the molecule is O=C(NCCCN1CCCCCC1)C1CC=CCC1. The lowest BCUT2D eigenvalue weighted by atomic mass is 9.94.